The predicted molar refractivity (Wildman–Crippen MR) is 98.9 cm³/mol. The number of rotatable bonds is 4. The van der Waals surface area contributed by atoms with Crippen LogP contribution in [0.25, 0.3) is 0 Å². The summed E-state index contributed by atoms with van der Waals surface area (Å²) in [6.45, 7) is 12.1. The first-order valence-electron chi connectivity index (χ1n) is 8.87. The van der Waals surface area contributed by atoms with E-state index in [0.717, 1.165) is 0 Å². The summed E-state index contributed by atoms with van der Waals surface area (Å²) in [7, 11) is 0. The summed E-state index contributed by atoms with van der Waals surface area (Å²) in [4.78, 5) is 24.9. The Morgan fingerprint density at radius 1 is 1.12 bits per heavy atom. The molecule has 1 fully saturated rings. The largest absolute Gasteiger partial charge is 0.481 e. The molecule has 25 heavy (non-hydrogen) atoms. The number of carboxylic acid groups (broad SMARTS) is 1. The van der Waals surface area contributed by atoms with Crippen molar-refractivity contribution in [3.05, 3.63) is 35.4 Å². The third-order valence-electron chi connectivity index (χ3n) is 5.04. The van der Waals surface area contributed by atoms with Crippen LogP contribution >= 0.6 is 0 Å². The Morgan fingerprint density at radius 2 is 1.68 bits per heavy atom. The summed E-state index contributed by atoms with van der Waals surface area (Å²) in [5.41, 5.74) is 2.38. The molecule has 0 bridgehead atoms. The summed E-state index contributed by atoms with van der Waals surface area (Å²) < 4.78 is 0. The lowest BCUT2D eigenvalue weighted by molar-refractivity contribution is -0.141. The van der Waals surface area contributed by atoms with Gasteiger partial charge in [-0.25, -0.2) is 4.79 Å². The lowest BCUT2D eigenvalue weighted by Gasteiger charge is -2.28. The first kappa shape index (κ1) is 19.3. The highest BCUT2D eigenvalue weighted by molar-refractivity contribution is 5.77. The zero-order valence-electron chi connectivity index (χ0n) is 15.9. The van der Waals surface area contributed by atoms with E-state index < -0.39 is 11.9 Å². The van der Waals surface area contributed by atoms with Crippen molar-refractivity contribution in [2.24, 2.45) is 5.92 Å². The number of likely N-dealkylation sites (tertiary alicyclic amines) is 1. The van der Waals surface area contributed by atoms with Crippen molar-refractivity contribution in [1.82, 2.24) is 10.2 Å². The van der Waals surface area contributed by atoms with E-state index in [1.165, 1.54) is 11.1 Å². The molecule has 0 aliphatic carbocycles. The second kappa shape index (κ2) is 7.06. The van der Waals surface area contributed by atoms with E-state index in [4.69, 9.17) is 5.11 Å². The van der Waals surface area contributed by atoms with Crippen LogP contribution in [0.4, 0.5) is 4.79 Å². The molecule has 1 atom stereocenters. The van der Waals surface area contributed by atoms with Gasteiger partial charge in [0.2, 0.25) is 0 Å². The quantitative estimate of drug-likeness (QED) is 0.878. The molecule has 1 aliphatic heterocycles. The maximum atomic E-state index is 12.3. The molecule has 0 saturated carbocycles. The molecule has 1 saturated heterocycles. The Morgan fingerprint density at radius 3 is 2.16 bits per heavy atom. The van der Waals surface area contributed by atoms with Gasteiger partial charge < -0.3 is 15.3 Å². The van der Waals surface area contributed by atoms with Gasteiger partial charge in [0.15, 0.2) is 0 Å². The Bertz CT molecular complexity index is 629. The van der Waals surface area contributed by atoms with E-state index in [1.807, 2.05) is 0 Å². The van der Waals surface area contributed by atoms with Crippen molar-refractivity contribution >= 4 is 12.0 Å². The molecule has 2 amide bonds. The summed E-state index contributed by atoms with van der Waals surface area (Å²) in [5.74, 6) is -1.27. The third kappa shape index (κ3) is 4.74. The van der Waals surface area contributed by atoms with Crippen molar-refractivity contribution < 1.29 is 14.7 Å². The zero-order valence-corrected chi connectivity index (χ0v) is 15.9. The number of carbonyl (C=O) groups is 2. The molecule has 1 heterocycles. The van der Waals surface area contributed by atoms with Gasteiger partial charge in [-0.2, -0.15) is 0 Å². The van der Waals surface area contributed by atoms with E-state index in [-0.39, 0.29) is 16.9 Å². The Labute approximate surface area is 150 Å². The summed E-state index contributed by atoms with van der Waals surface area (Å²) in [6.07, 6.45) is 0.528. The number of nitrogens with one attached hydrogen (secondary N) is 1. The Kier molecular flexibility index (Phi) is 5.45. The molecule has 0 spiro atoms. The number of hydrogen-bond donors (Lipinski definition) is 2. The number of carboxylic acids is 1. The predicted octanol–water partition coefficient (Wildman–Crippen LogP) is 3.38. The van der Waals surface area contributed by atoms with Gasteiger partial charge >= 0.3 is 12.0 Å². The molecule has 1 aliphatic rings. The lowest BCUT2D eigenvalue weighted by Crippen LogP contribution is -2.44. The average Bonchev–Trinajstić information content (AvgIpc) is 3.02. The molecule has 0 radical (unpaired) electrons. The maximum Gasteiger partial charge on any atom is 0.317 e. The Hall–Kier alpha value is -2.04. The fraction of sp³-hybridized carbons (Fsp3) is 0.600. The van der Waals surface area contributed by atoms with Crippen LogP contribution in [0, 0.1) is 5.92 Å². The minimum atomic E-state index is -0.824. The fourth-order valence-corrected chi connectivity index (χ4v) is 3.08. The number of aliphatic carboxylic acids is 1. The van der Waals surface area contributed by atoms with E-state index in [0.29, 0.717) is 26.1 Å². The minimum absolute atomic E-state index is 0.118. The second-order valence-corrected chi connectivity index (χ2v) is 8.64. The summed E-state index contributed by atoms with van der Waals surface area (Å²) in [5, 5.41) is 12.0. The van der Waals surface area contributed by atoms with Crippen molar-refractivity contribution in [1.29, 1.82) is 0 Å². The standard InChI is InChI=1S/C20H30N2O3/c1-19(2,3)15-6-8-16(9-7-15)20(4,5)13-21-18(25)22-11-10-14(12-22)17(23)24/h6-9,14H,10-13H2,1-5H3,(H,21,25)(H,23,24). The van der Waals surface area contributed by atoms with E-state index in [1.54, 1.807) is 4.90 Å². The van der Waals surface area contributed by atoms with Gasteiger partial charge in [-0.05, 0) is 23.0 Å². The van der Waals surface area contributed by atoms with Crippen LogP contribution in [0.1, 0.15) is 52.2 Å². The van der Waals surface area contributed by atoms with Crippen LogP contribution in [-0.2, 0) is 15.6 Å². The second-order valence-electron chi connectivity index (χ2n) is 8.64. The molecule has 5 heteroatoms. The van der Waals surface area contributed by atoms with Crippen molar-refractivity contribution in [3.63, 3.8) is 0 Å². The monoisotopic (exact) mass is 346 g/mol. The number of amides is 2. The molecule has 0 aromatic heterocycles. The van der Waals surface area contributed by atoms with Gasteiger partial charge in [0.1, 0.15) is 0 Å². The maximum absolute atomic E-state index is 12.3. The molecular weight excluding hydrogens is 316 g/mol. The van der Waals surface area contributed by atoms with Gasteiger partial charge in [0.25, 0.3) is 0 Å². The van der Waals surface area contributed by atoms with Crippen molar-refractivity contribution in [3.8, 4) is 0 Å². The third-order valence-corrected chi connectivity index (χ3v) is 5.04. The SMILES string of the molecule is CC(C)(C)c1ccc(C(C)(C)CNC(=O)N2CCC(C(=O)O)C2)cc1. The van der Waals surface area contributed by atoms with Crippen LogP contribution < -0.4 is 5.32 Å². The smallest absolute Gasteiger partial charge is 0.317 e. The summed E-state index contributed by atoms with van der Waals surface area (Å²) >= 11 is 0. The lowest BCUT2D eigenvalue weighted by atomic mass is 9.81. The van der Waals surface area contributed by atoms with Gasteiger partial charge in [-0.15, -0.1) is 0 Å². The average molecular weight is 346 g/mol. The van der Waals surface area contributed by atoms with Gasteiger partial charge in [-0.1, -0.05) is 58.9 Å². The van der Waals surface area contributed by atoms with Crippen LogP contribution in [0.3, 0.4) is 0 Å². The molecule has 1 aromatic carbocycles. The topological polar surface area (TPSA) is 69.6 Å². The first-order valence-corrected chi connectivity index (χ1v) is 8.87. The van der Waals surface area contributed by atoms with Gasteiger partial charge in [-0.3, -0.25) is 4.79 Å². The van der Waals surface area contributed by atoms with Crippen molar-refractivity contribution in [2.75, 3.05) is 19.6 Å². The van der Waals surface area contributed by atoms with E-state index >= 15 is 0 Å². The van der Waals surface area contributed by atoms with E-state index in [9.17, 15) is 9.59 Å². The van der Waals surface area contributed by atoms with Crippen LogP contribution in [0.15, 0.2) is 24.3 Å². The number of urea groups is 1. The molecule has 1 unspecified atom stereocenters. The van der Waals surface area contributed by atoms with Crippen molar-refractivity contribution in [2.45, 2.75) is 51.9 Å². The molecule has 138 valence electrons. The normalized spacial score (nSPS) is 18.3. The molecule has 5 nitrogen and oxygen atoms in total. The number of carbonyl (C=O) groups excluding carboxylic acids is 1. The molecular formula is C20H30N2O3. The molecule has 2 N–H and O–H groups in total. The van der Waals surface area contributed by atoms with Crippen LogP contribution in [0.5, 0.6) is 0 Å². The Balaban J connectivity index is 1.95. The van der Waals surface area contributed by atoms with Gasteiger partial charge in [0, 0.05) is 25.0 Å². The zero-order chi connectivity index (χ0) is 18.8. The molecule has 1 aromatic rings. The van der Waals surface area contributed by atoms with Crippen LogP contribution in [0.2, 0.25) is 0 Å². The number of nitrogens with zero attached hydrogens (tertiary/aromatic N) is 1. The summed E-state index contributed by atoms with van der Waals surface area (Å²) in [6, 6.07) is 8.38. The number of hydrogen-bond acceptors (Lipinski definition) is 2. The van der Waals surface area contributed by atoms with Crippen LogP contribution in [-0.4, -0.2) is 41.6 Å². The highest BCUT2D eigenvalue weighted by atomic mass is 16.4. The number of benzene rings is 1. The minimum Gasteiger partial charge on any atom is -0.481 e. The highest BCUT2D eigenvalue weighted by Gasteiger charge is 2.31. The highest BCUT2D eigenvalue weighted by Crippen LogP contribution is 2.27. The fourth-order valence-electron chi connectivity index (χ4n) is 3.08. The first-order chi connectivity index (χ1) is 11.5. The van der Waals surface area contributed by atoms with E-state index in [2.05, 4.69) is 64.2 Å². The van der Waals surface area contributed by atoms with Gasteiger partial charge in [0.05, 0.1) is 5.92 Å². The molecule has 2 rings (SSSR count).